The van der Waals surface area contributed by atoms with Crippen LogP contribution in [-0.4, -0.2) is 21.6 Å². The number of carbonyl (C=O) groups is 1. The van der Waals surface area contributed by atoms with Crippen molar-refractivity contribution >= 4 is 34.4 Å². The molecule has 0 aliphatic heterocycles. The number of benzene rings is 2. The largest absolute Gasteiger partial charge is 0.333 e. The van der Waals surface area contributed by atoms with Crippen LogP contribution in [0.1, 0.15) is 26.3 Å². The van der Waals surface area contributed by atoms with Gasteiger partial charge >= 0.3 is 0 Å². The number of aromatic amines is 1. The summed E-state index contributed by atoms with van der Waals surface area (Å²) in [5.41, 5.74) is 3.89. The van der Waals surface area contributed by atoms with Gasteiger partial charge in [0, 0.05) is 5.69 Å². The van der Waals surface area contributed by atoms with Gasteiger partial charge in [-0.2, -0.15) is 0 Å². The Morgan fingerprint density at radius 3 is 2.58 bits per heavy atom. The molecule has 1 heterocycles. The van der Waals surface area contributed by atoms with Gasteiger partial charge in [-0.25, -0.2) is 4.98 Å². The van der Waals surface area contributed by atoms with Gasteiger partial charge in [-0.05, 0) is 29.2 Å². The van der Waals surface area contributed by atoms with Crippen molar-refractivity contribution in [1.29, 1.82) is 0 Å². The molecule has 0 aliphatic carbocycles. The summed E-state index contributed by atoms with van der Waals surface area (Å²) in [5, 5.41) is 3.78. The summed E-state index contributed by atoms with van der Waals surface area (Å²) in [4.78, 5) is 20.0. The van der Waals surface area contributed by atoms with Gasteiger partial charge < -0.3 is 10.3 Å². The summed E-state index contributed by atoms with van der Waals surface area (Å²) in [5.74, 6) is 0.287. The second-order valence-electron chi connectivity index (χ2n) is 6.69. The van der Waals surface area contributed by atoms with E-state index in [0.29, 0.717) is 5.75 Å². The Hall–Kier alpha value is -2.27. The number of hydrogen-bond acceptors (Lipinski definition) is 3. The summed E-state index contributed by atoms with van der Waals surface area (Å²) in [7, 11) is 0. The van der Waals surface area contributed by atoms with Gasteiger partial charge in [-0.15, -0.1) is 0 Å². The van der Waals surface area contributed by atoms with Gasteiger partial charge in [-0.3, -0.25) is 4.79 Å². The van der Waals surface area contributed by atoms with Crippen molar-refractivity contribution in [2.45, 2.75) is 31.3 Å². The van der Waals surface area contributed by atoms with Crippen molar-refractivity contribution in [2.24, 2.45) is 0 Å². The maximum atomic E-state index is 12.3. The van der Waals surface area contributed by atoms with Crippen molar-refractivity contribution < 1.29 is 4.79 Å². The van der Waals surface area contributed by atoms with E-state index in [0.717, 1.165) is 27.4 Å². The lowest BCUT2D eigenvalue weighted by atomic mass is 9.86. The third-order valence-corrected chi connectivity index (χ3v) is 4.59. The summed E-state index contributed by atoms with van der Waals surface area (Å²) in [6, 6.07) is 15.8. The molecule has 4 nitrogen and oxygen atoms in total. The van der Waals surface area contributed by atoms with Gasteiger partial charge in [0.05, 0.1) is 16.8 Å². The molecule has 0 saturated carbocycles. The van der Waals surface area contributed by atoms with Crippen LogP contribution in [0.3, 0.4) is 0 Å². The average Bonchev–Trinajstić information content (AvgIpc) is 2.95. The molecule has 0 fully saturated rings. The highest BCUT2D eigenvalue weighted by atomic mass is 32.2. The first-order valence-electron chi connectivity index (χ1n) is 7.90. The van der Waals surface area contributed by atoms with Gasteiger partial charge in [0.25, 0.3) is 0 Å². The summed E-state index contributed by atoms with van der Waals surface area (Å²) in [6.07, 6.45) is 0. The second kappa shape index (κ2) is 6.69. The number of imidazole rings is 1. The smallest absolute Gasteiger partial charge is 0.234 e. The number of anilines is 1. The van der Waals surface area contributed by atoms with Crippen LogP contribution < -0.4 is 5.32 Å². The predicted molar refractivity (Wildman–Crippen MR) is 101 cm³/mol. The SMILES string of the molecule is CC(C)(C)c1ccccc1NC(=O)CSc1nc2ccccc2[nH]1. The van der Waals surface area contributed by atoms with Crippen LogP contribution in [0.2, 0.25) is 0 Å². The Balaban J connectivity index is 1.66. The van der Waals surface area contributed by atoms with Crippen molar-refractivity contribution in [2.75, 3.05) is 11.1 Å². The molecule has 3 rings (SSSR count). The highest BCUT2D eigenvalue weighted by Gasteiger charge is 2.18. The van der Waals surface area contributed by atoms with E-state index in [9.17, 15) is 4.79 Å². The highest BCUT2D eigenvalue weighted by Crippen LogP contribution is 2.29. The van der Waals surface area contributed by atoms with Crippen LogP contribution in [0, 0.1) is 0 Å². The predicted octanol–water partition coefficient (Wildman–Crippen LogP) is 4.59. The number of fused-ring (bicyclic) bond motifs is 1. The number of para-hydroxylation sites is 3. The van der Waals surface area contributed by atoms with Crippen LogP contribution in [0.25, 0.3) is 11.0 Å². The molecule has 124 valence electrons. The Labute approximate surface area is 146 Å². The molecule has 5 heteroatoms. The number of amides is 1. The lowest BCUT2D eigenvalue weighted by Gasteiger charge is -2.22. The number of aromatic nitrogens is 2. The van der Waals surface area contributed by atoms with E-state index in [2.05, 4.69) is 42.1 Å². The Bertz CT molecular complexity index is 831. The van der Waals surface area contributed by atoms with E-state index < -0.39 is 0 Å². The van der Waals surface area contributed by atoms with Crippen molar-refractivity contribution in [3.63, 3.8) is 0 Å². The fourth-order valence-electron chi connectivity index (χ4n) is 2.56. The molecule has 0 bridgehead atoms. The minimum Gasteiger partial charge on any atom is -0.333 e. The standard InChI is InChI=1S/C19H21N3OS/c1-19(2,3)13-8-4-5-9-14(13)20-17(23)12-24-18-21-15-10-6-7-11-16(15)22-18/h4-11H,12H2,1-3H3,(H,20,23)(H,21,22). The van der Waals surface area contributed by atoms with Crippen LogP contribution in [0.15, 0.2) is 53.7 Å². The van der Waals surface area contributed by atoms with Crippen LogP contribution in [-0.2, 0) is 10.2 Å². The average molecular weight is 339 g/mol. The Morgan fingerprint density at radius 1 is 1.12 bits per heavy atom. The summed E-state index contributed by atoms with van der Waals surface area (Å²) < 4.78 is 0. The van der Waals surface area contributed by atoms with Gasteiger partial charge in [0.1, 0.15) is 0 Å². The van der Waals surface area contributed by atoms with Crippen molar-refractivity contribution in [1.82, 2.24) is 9.97 Å². The minimum atomic E-state index is -0.0304. The molecule has 0 saturated heterocycles. The van der Waals surface area contributed by atoms with Crippen molar-refractivity contribution in [3.05, 3.63) is 54.1 Å². The zero-order valence-corrected chi connectivity index (χ0v) is 14.9. The molecule has 2 N–H and O–H groups in total. The van der Waals surface area contributed by atoms with Crippen LogP contribution in [0.4, 0.5) is 5.69 Å². The first-order chi connectivity index (χ1) is 11.4. The molecule has 3 aromatic rings. The molecular weight excluding hydrogens is 318 g/mol. The number of H-pyrrole nitrogens is 1. The number of thioether (sulfide) groups is 1. The number of hydrogen-bond donors (Lipinski definition) is 2. The number of rotatable bonds is 4. The number of nitrogens with one attached hydrogen (secondary N) is 2. The van der Waals surface area contributed by atoms with E-state index in [1.54, 1.807) is 0 Å². The fourth-order valence-corrected chi connectivity index (χ4v) is 3.25. The first kappa shape index (κ1) is 16.6. The number of nitrogens with zero attached hydrogens (tertiary/aromatic N) is 1. The maximum Gasteiger partial charge on any atom is 0.234 e. The van der Waals surface area contributed by atoms with Crippen molar-refractivity contribution in [3.8, 4) is 0 Å². The molecule has 0 atom stereocenters. The molecule has 2 aromatic carbocycles. The molecule has 1 amide bonds. The van der Waals surface area contributed by atoms with E-state index in [1.807, 2.05) is 42.5 Å². The molecule has 0 aliphatic rings. The topological polar surface area (TPSA) is 57.8 Å². The molecule has 24 heavy (non-hydrogen) atoms. The Morgan fingerprint density at radius 2 is 1.83 bits per heavy atom. The lowest BCUT2D eigenvalue weighted by Crippen LogP contribution is -2.19. The van der Waals surface area contributed by atoms with E-state index >= 15 is 0 Å². The third-order valence-electron chi connectivity index (χ3n) is 3.72. The summed E-state index contributed by atoms with van der Waals surface area (Å²) >= 11 is 1.41. The van der Waals surface area contributed by atoms with Gasteiger partial charge in [-0.1, -0.05) is 62.9 Å². The highest BCUT2D eigenvalue weighted by molar-refractivity contribution is 7.99. The third kappa shape index (κ3) is 3.79. The summed E-state index contributed by atoms with van der Waals surface area (Å²) in [6.45, 7) is 6.42. The normalized spacial score (nSPS) is 11.6. The first-order valence-corrected chi connectivity index (χ1v) is 8.89. The maximum absolute atomic E-state index is 12.3. The lowest BCUT2D eigenvalue weighted by molar-refractivity contribution is -0.113. The Kier molecular flexibility index (Phi) is 4.62. The van der Waals surface area contributed by atoms with Gasteiger partial charge in [0.15, 0.2) is 5.16 Å². The second-order valence-corrected chi connectivity index (χ2v) is 7.66. The zero-order chi connectivity index (χ0) is 17.2. The molecule has 1 aromatic heterocycles. The fraction of sp³-hybridized carbons (Fsp3) is 0.263. The van der Waals surface area contributed by atoms with E-state index in [1.165, 1.54) is 11.8 Å². The van der Waals surface area contributed by atoms with Crippen LogP contribution >= 0.6 is 11.8 Å². The monoisotopic (exact) mass is 339 g/mol. The van der Waals surface area contributed by atoms with Gasteiger partial charge in [0.2, 0.25) is 5.91 Å². The molecular formula is C19H21N3OS. The van der Waals surface area contributed by atoms with Crippen LogP contribution in [0.5, 0.6) is 0 Å². The molecule has 0 radical (unpaired) electrons. The quantitative estimate of drug-likeness (QED) is 0.684. The van der Waals surface area contributed by atoms with E-state index in [-0.39, 0.29) is 11.3 Å². The molecule has 0 spiro atoms. The number of carbonyl (C=O) groups excluding carboxylic acids is 1. The zero-order valence-electron chi connectivity index (χ0n) is 14.1. The minimum absolute atomic E-state index is 0.0181. The van der Waals surface area contributed by atoms with E-state index in [4.69, 9.17) is 0 Å². The molecule has 0 unspecified atom stereocenters.